The van der Waals surface area contributed by atoms with Gasteiger partial charge >= 0.3 is 0 Å². The molecule has 0 fully saturated rings. The quantitative estimate of drug-likeness (QED) is 0.121. The molecule has 0 bridgehead atoms. The lowest BCUT2D eigenvalue weighted by atomic mass is 9.84. The summed E-state index contributed by atoms with van der Waals surface area (Å²) in [5.74, 6) is 0. The molecule has 506 valence electrons. The number of hydrogen-bond acceptors (Lipinski definition) is 0. The molecule has 0 N–H and O–H groups in total. The molecule has 15 aromatic carbocycles. The van der Waals surface area contributed by atoms with Crippen LogP contribution in [0.1, 0.15) is 105 Å². The number of benzene rings is 15. The summed E-state index contributed by atoms with van der Waals surface area (Å²) < 4.78 is 4.92. The second kappa shape index (κ2) is 25.1. The summed E-state index contributed by atoms with van der Waals surface area (Å²) in [4.78, 5) is 0. The second-order valence-electron chi connectivity index (χ2n) is 33.0. The van der Waals surface area contributed by atoms with Crippen molar-refractivity contribution >= 4 is 65.2 Å². The second-order valence-corrected chi connectivity index (χ2v) is 33.0. The van der Waals surface area contributed by atoms with Gasteiger partial charge in [-0.3, -0.25) is 0 Å². The van der Waals surface area contributed by atoms with E-state index in [1.165, 1.54) is 165 Å². The average molecular weight is 1340 g/mol. The number of rotatable bonds is 10. The van der Waals surface area contributed by atoms with Crippen molar-refractivity contribution in [1.82, 2.24) is 9.13 Å². The molecular formula is C102H88N2. The Morgan fingerprint density at radius 2 is 0.365 bits per heavy atom. The lowest BCUT2D eigenvalue weighted by Crippen LogP contribution is -2.10. The monoisotopic (exact) mass is 1340 g/mol. The van der Waals surface area contributed by atoms with Gasteiger partial charge in [-0.05, 0) is 239 Å². The van der Waals surface area contributed by atoms with Crippen molar-refractivity contribution in [3.63, 3.8) is 0 Å². The molecule has 2 heterocycles. The lowest BCUT2D eigenvalue weighted by Gasteiger charge is -2.20. The molecular weight excluding hydrogens is 1250 g/mol. The summed E-state index contributed by atoms with van der Waals surface area (Å²) in [6.07, 6.45) is 0. The zero-order valence-corrected chi connectivity index (χ0v) is 61.9. The fourth-order valence-corrected chi connectivity index (χ4v) is 16.0. The van der Waals surface area contributed by atoms with Gasteiger partial charge in [0.25, 0.3) is 0 Å². The number of nitrogens with zero attached hydrogens (tertiary/aromatic N) is 2. The molecule has 0 saturated carbocycles. The minimum atomic E-state index is 0.0794. The van der Waals surface area contributed by atoms with E-state index in [2.05, 4.69) is 408 Å². The van der Waals surface area contributed by atoms with Crippen LogP contribution in [0.25, 0.3) is 166 Å². The van der Waals surface area contributed by atoms with Crippen LogP contribution in [0.3, 0.4) is 0 Å². The first-order chi connectivity index (χ1) is 50.1. The fourth-order valence-electron chi connectivity index (χ4n) is 16.0. The fraction of sp³-hybridized carbons (Fsp3) is 0.157. The van der Waals surface area contributed by atoms with E-state index < -0.39 is 0 Å². The van der Waals surface area contributed by atoms with Crippen molar-refractivity contribution in [2.75, 3.05) is 0 Å². The van der Waals surface area contributed by atoms with E-state index in [-0.39, 0.29) is 21.7 Å². The number of aromatic nitrogens is 2. The highest BCUT2D eigenvalue weighted by Crippen LogP contribution is 2.48. The minimum absolute atomic E-state index is 0.0794. The Hall–Kier alpha value is -11.6. The third-order valence-electron chi connectivity index (χ3n) is 22.0. The van der Waals surface area contributed by atoms with Crippen molar-refractivity contribution < 1.29 is 0 Å². The summed E-state index contributed by atoms with van der Waals surface area (Å²) in [5.41, 5.74) is 31.9. The Kier molecular flexibility index (Phi) is 15.9. The molecule has 2 nitrogen and oxygen atoms in total. The zero-order valence-electron chi connectivity index (χ0n) is 61.9. The summed E-state index contributed by atoms with van der Waals surface area (Å²) in [6.45, 7) is 27.4. The largest absolute Gasteiger partial charge is 0.309 e. The van der Waals surface area contributed by atoms with Crippen LogP contribution in [0.4, 0.5) is 0 Å². The molecule has 0 aliphatic rings. The normalized spacial score (nSPS) is 12.4. The first-order valence-electron chi connectivity index (χ1n) is 37.0. The van der Waals surface area contributed by atoms with Crippen LogP contribution < -0.4 is 0 Å². The Labute approximate surface area is 613 Å². The van der Waals surface area contributed by atoms with Crippen LogP contribution in [-0.4, -0.2) is 9.13 Å². The highest BCUT2D eigenvalue weighted by molar-refractivity contribution is 6.23. The minimum Gasteiger partial charge on any atom is -0.309 e. The van der Waals surface area contributed by atoms with E-state index in [0.29, 0.717) is 0 Å². The van der Waals surface area contributed by atoms with Gasteiger partial charge < -0.3 is 9.13 Å². The maximum atomic E-state index is 2.46. The van der Waals surface area contributed by atoms with Crippen LogP contribution >= 0.6 is 0 Å². The molecule has 0 saturated heterocycles. The highest BCUT2D eigenvalue weighted by Gasteiger charge is 2.24. The van der Waals surface area contributed by atoms with Gasteiger partial charge in [0.05, 0.1) is 22.1 Å². The maximum absolute atomic E-state index is 2.46. The highest BCUT2D eigenvalue weighted by atomic mass is 15.0. The topological polar surface area (TPSA) is 9.86 Å². The summed E-state index contributed by atoms with van der Waals surface area (Å²) >= 11 is 0. The van der Waals surface area contributed by atoms with E-state index in [4.69, 9.17) is 0 Å². The van der Waals surface area contributed by atoms with Crippen LogP contribution in [0.15, 0.2) is 315 Å². The van der Waals surface area contributed by atoms with Gasteiger partial charge in [0, 0.05) is 32.9 Å². The van der Waals surface area contributed by atoms with Crippen molar-refractivity contribution in [3.8, 4) is 100 Å². The third kappa shape index (κ3) is 11.9. The molecule has 2 aromatic heterocycles. The van der Waals surface area contributed by atoms with Crippen LogP contribution in [0, 0.1) is 0 Å². The number of hydrogen-bond donors (Lipinski definition) is 0. The molecule has 17 rings (SSSR count). The van der Waals surface area contributed by atoms with Gasteiger partial charge in [0.1, 0.15) is 0 Å². The first kappa shape index (κ1) is 65.7. The van der Waals surface area contributed by atoms with Gasteiger partial charge in [-0.15, -0.1) is 0 Å². The van der Waals surface area contributed by atoms with Crippen LogP contribution in [0.5, 0.6) is 0 Å². The molecule has 0 amide bonds. The Bertz CT molecular complexity index is 5520. The van der Waals surface area contributed by atoms with E-state index in [1.54, 1.807) is 0 Å². The van der Waals surface area contributed by atoms with Gasteiger partial charge in [0.15, 0.2) is 0 Å². The van der Waals surface area contributed by atoms with Crippen molar-refractivity contribution in [3.05, 3.63) is 338 Å². The third-order valence-corrected chi connectivity index (χ3v) is 22.0. The Balaban J connectivity index is 0.757. The van der Waals surface area contributed by atoms with Crippen molar-refractivity contribution in [1.29, 1.82) is 0 Å². The lowest BCUT2D eigenvalue weighted by molar-refractivity contribution is 0.590. The molecule has 104 heavy (non-hydrogen) atoms. The predicted molar refractivity (Wildman–Crippen MR) is 448 cm³/mol. The Morgan fingerprint density at radius 3 is 0.596 bits per heavy atom. The molecule has 0 atom stereocenters. The Morgan fingerprint density at radius 1 is 0.163 bits per heavy atom. The van der Waals surface area contributed by atoms with Crippen molar-refractivity contribution in [2.24, 2.45) is 0 Å². The molecule has 0 aliphatic carbocycles. The van der Waals surface area contributed by atoms with E-state index in [1.807, 2.05) is 0 Å². The van der Waals surface area contributed by atoms with Crippen molar-refractivity contribution in [2.45, 2.75) is 105 Å². The van der Waals surface area contributed by atoms with Gasteiger partial charge in [-0.25, -0.2) is 0 Å². The van der Waals surface area contributed by atoms with Gasteiger partial charge in [-0.1, -0.05) is 314 Å². The van der Waals surface area contributed by atoms with E-state index >= 15 is 0 Å². The average Bonchev–Trinajstić information content (AvgIpc) is 1.22. The maximum Gasteiger partial charge on any atom is 0.0541 e. The summed E-state index contributed by atoms with van der Waals surface area (Å²) in [5, 5.41) is 9.83. The first-order valence-corrected chi connectivity index (χ1v) is 37.0. The standard InChI is InChI=1S/C102H88N2/c1-99(2,3)79-41-23-65(24-42-79)75-37-55-93-87(59-75)88-60-76(66-25-43-80(44-26-66)100(4,5)6)38-56-94(88)103(93)83-49-31-69(32-50-83)73-35-53-85-91(63-73)97(71-19-15-13-16-20-71)86-54-36-74(64-92(86)98(85)72-21-17-14-18-22-72)70-33-51-84(52-34-70)104-95-57-39-77(67-27-45-81(46-28-67)101(7,8)9)61-89(95)90-62-78(40-58-96(90)104)68-29-47-82(48-30-68)102(10,11)12/h13-64H,1-12H3. The molecule has 0 unspecified atom stereocenters. The summed E-state index contributed by atoms with van der Waals surface area (Å²) in [7, 11) is 0. The van der Waals surface area contributed by atoms with Gasteiger partial charge in [0.2, 0.25) is 0 Å². The summed E-state index contributed by atoms with van der Waals surface area (Å²) in [6, 6.07) is 120. The number of fused-ring (bicyclic) bond motifs is 8. The zero-order chi connectivity index (χ0) is 71.6. The van der Waals surface area contributed by atoms with Crippen LogP contribution in [-0.2, 0) is 21.7 Å². The molecule has 0 spiro atoms. The molecule has 0 radical (unpaired) electrons. The van der Waals surface area contributed by atoms with Gasteiger partial charge in [-0.2, -0.15) is 0 Å². The van der Waals surface area contributed by atoms with E-state index in [9.17, 15) is 0 Å². The van der Waals surface area contributed by atoms with E-state index in [0.717, 1.165) is 22.5 Å². The molecule has 0 aliphatic heterocycles. The smallest absolute Gasteiger partial charge is 0.0541 e. The SMILES string of the molecule is CC(C)(C)c1ccc(-c2ccc3c(c2)c2cc(-c4ccc(C(C)(C)C)cc4)ccc2n3-c2ccc(-c3ccc4c(-c5ccccc5)c5cc(-c6ccc(-n7c8ccc(-c9ccc(C(C)(C)C)cc9)cc8c8cc(-c9ccc(C(C)(C)C)cc9)ccc87)cc6)ccc5c(-c5ccccc5)c4c3)cc2)cc1. The predicted octanol–water partition coefficient (Wildman–Crippen LogP) is 28.7. The van der Waals surface area contributed by atoms with Crippen LogP contribution in [0.2, 0.25) is 0 Å². The molecule has 2 heteroatoms. The molecule has 17 aromatic rings.